The number of aryl methyl sites for hydroxylation is 3. The van der Waals surface area contributed by atoms with Gasteiger partial charge in [0, 0.05) is 40.4 Å². The van der Waals surface area contributed by atoms with Crippen molar-refractivity contribution in [3.05, 3.63) is 51.2 Å². The van der Waals surface area contributed by atoms with Gasteiger partial charge in [-0.1, -0.05) is 25.1 Å². The van der Waals surface area contributed by atoms with Gasteiger partial charge in [-0.2, -0.15) is 0 Å². The third kappa shape index (κ3) is 6.02. The van der Waals surface area contributed by atoms with Crippen LogP contribution in [0.4, 0.5) is 5.69 Å². The van der Waals surface area contributed by atoms with E-state index in [1.165, 1.54) is 4.90 Å². The van der Waals surface area contributed by atoms with E-state index in [0.29, 0.717) is 12.1 Å². The highest BCUT2D eigenvalue weighted by atomic mass is 32.1. The Morgan fingerprint density at radius 3 is 2.39 bits per heavy atom. The molecule has 1 N–H and O–H groups in total. The Labute approximate surface area is 170 Å². The van der Waals surface area contributed by atoms with Crippen molar-refractivity contribution < 1.29 is 14.4 Å². The Bertz CT molecular complexity index is 857. The maximum absolute atomic E-state index is 12.6. The van der Waals surface area contributed by atoms with Crippen LogP contribution >= 0.6 is 11.3 Å². The summed E-state index contributed by atoms with van der Waals surface area (Å²) >= 11 is 1.59. The molecule has 1 aromatic heterocycles. The zero-order valence-electron chi connectivity index (χ0n) is 17.0. The van der Waals surface area contributed by atoms with E-state index in [2.05, 4.69) is 5.32 Å². The van der Waals surface area contributed by atoms with E-state index in [-0.39, 0.29) is 37.0 Å². The molecule has 5 nitrogen and oxygen atoms in total. The number of ketones is 1. The molecule has 2 amide bonds. The normalized spacial score (nSPS) is 10.6. The van der Waals surface area contributed by atoms with Crippen LogP contribution in [0.2, 0.25) is 0 Å². The molecule has 28 heavy (non-hydrogen) atoms. The number of anilines is 1. The van der Waals surface area contributed by atoms with Crippen LogP contribution in [-0.4, -0.2) is 35.6 Å². The predicted molar refractivity (Wildman–Crippen MR) is 114 cm³/mol. The summed E-state index contributed by atoms with van der Waals surface area (Å²) in [7, 11) is 0. The topological polar surface area (TPSA) is 66.5 Å². The van der Waals surface area contributed by atoms with Gasteiger partial charge in [0.05, 0.1) is 6.54 Å². The minimum atomic E-state index is -0.230. The smallest absolute Gasteiger partial charge is 0.244 e. The fourth-order valence-corrected chi connectivity index (χ4v) is 4.00. The van der Waals surface area contributed by atoms with E-state index in [1.807, 2.05) is 58.0 Å². The fraction of sp³-hybridized carbons (Fsp3) is 0.409. The van der Waals surface area contributed by atoms with E-state index >= 15 is 0 Å². The number of benzene rings is 1. The molecular weight excluding hydrogens is 372 g/mol. The van der Waals surface area contributed by atoms with Crippen LogP contribution in [0.1, 0.15) is 51.9 Å². The van der Waals surface area contributed by atoms with Crippen LogP contribution in [0.25, 0.3) is 0 Å². The lowest BCUT2D eigenvalue weighted by Gasteiger charge is -2.22. The first-order valence-corrected chi connectivity index (χ1v) is 10.4. The van der Waals surface area contributed by atoms with Crippen molar-refractivity contribution in [2.24, 2.45) is 0 Å². The first-order chi connectivity index (χ1) is 13.3. The van der Waals surface area contributed by atoms with Crippen molar-refractivity contribution in [2.45, 2.75) is 47.0 Å². The average molecular weight is 401 g/mol. The Balaban J connectivity index is 1.93. The van der Waals surface area contributed by atoms with Gasteiger partial charge in [-0.3, -0.25) is 14.4 Å². The van der Waals surface area contributed by atoms with Gasteiger partial charge in [0.1, 0.15) is 0 Å². The lowest BCUT2D eigenvalue weighted by Crippen LogP contribution is -2.38. The summed E-state index contributed by atoms with van der Waals surface area (Å²) in [5, 5.41) is 2.86. The second kappa shape index (κ2) is 10.2. The van der Waals surface area contributed by atoms with Crippen LogP contribution in [0.5, 0.6) is 0 Å². The molecule has 0 spiro atoms. The number of thiophene rings is 1. The number of Topliss-reactive ketones (excluding diaryl/α,β-unsaturated/α-hetero) is 1. The zero-order valence-corrected chi connectivity index (χ0v) is 17.8. The summed E-state index contributed by atoms with van der Waals surface area (Å²) in [5.74, 6) is -0.414. The second-order valence-electron chi connectivity index (χ2n) is 6.93. The van der Waals surface area contributed by atoms with E-state index in [1.54, 1.807) is 11.3 Å². The number of nitrogens with zero attached hydrogens (tertiary/aromatic N) is 1. The predicted octanol–water partition coefficient (Wildman–Crippen LogP) is 4.51. The van der Waals surface area contributed by atoms with E-state index in [4.69, 9.17) is 0 Å². The standard InChI is InChI=1S/C22H28N2O3S/c1-5-12-24(14-21(26)23-19-9-7-6-8-15(19)2)22(27)11-10-20(25)18-13-16(3)28-17(18)4/h6-9,13H,5,10-12,14H2,1-4H3,(H,23,26). The summed E-state index contributed by atoms with van der Waals surface area (Å²) in [5.41, 5.74) is 2.42. The van der Waals surface area contributed by atoms with E-state index < -0.39 is 0 Å². The van der Waals surface area contributed by atoms with Gasteiger partial charge in [0.2, 0.25) is 11.8 Å². The third-order valence-electron chi connectivity index (χ3n) is 4.51. The lowest BCUT2D eigenvalue weighted by molar-refractivity contribution is -0.134. The summed E-state index contributed by atoms with van der Waals surface area (Å²) in [6.45, 7) is 8.25. The van der Waals surface area contributed by atoms with Gasteiger partial charge >= 0.3 is 0 Å². The number of nitrogens with one attached hydrogen (secondary N) is 1. The molecule has 6 heteroatoms. The molecule has 2 rings (SSSR count). The number of rotatable bonds is 9. The molecule has 0 saturated heterocycles. The fourth-order valence-electron chi connectivity index (χ4n) is 3.06. The number of para-hydroxylation sites is 1. The molecular formula is C22H28N2O3S. The molecule has 0 fully saturated rings. The van der Waals surface area contributed by atoms with E-state index in [0.717, 1.165) is 27.4 Å². The van der Waals surface area contributed by atoms with Gasteiger partial charge in [-0.15, -0.1) is 11.3 Å². The summed E-state index contributed by atoms with van der Waals surface area (Å²) < 4.78 is 0. The van der Waals surface area contributed by atoms with Crippen LogP contribution in [0, 0.1) is 20.8 Å². The number of hydrogen-bond donors (Lipinski definition) is 1. The quantitative estimate of drug-likeness (QED) is 0.630. The molecule has 1 heterocycles. The monoisotopic (exact) mass is 400 g/mol. The Hall–Kier alpha value is -2.47. The van der Waals surface area contributed by atoms with Crippen LogP contribution in [0.3, 0.4) is 0 Å². The SMILES string of the molecule is CCCN(CC(=O)Nc1ccccc1C)C(=O)CCC(=O)c1cc(C)sc1C. The molecule has 0 saturated carbocycles. The summed E-state index contributed by atoms with van der Waals surface area (Å²) in [4.78, 5) is 41.0. The van der Waals surface area contributed by atoms with Gasteiger partial charge < -0.3 is 10.2 Å². The molecule has 0 radical (unpaired) electrons. The molecule has 0 aliphatic rings. The molecule has 0 aliphatic carbocycles. The minimum absolute atomic E-state index is 0.00815. The lowest BCUT2D eigenvalue weighted by atomic mass is 10.1. The van der Waals surface area contributed by atoms with E-state index in [9.17, 15) is 14.4 Å². The maximum atomic E-state index is 12.6. The molecule has 1 aromatic carbocycles. The highest BCUT2D eigenvalue weighted by Crippen LogP contribution is 2.22. The summed E-state index contributed by atoms with van der Waals surface area (Å²) in [6, 6.07) is 9.41. The summed E-state index contributed by atoms with van der Waals surface area (Å²) in [6.07, 6.45) is 1.03. The van der Waals surface area contributed by atoms with Gasteiger partial charge in [0.25, 0.3) is 0 Å². The van der Waals surface area contributed by atoms with Crippen molar-refractivity contribution in [1.29, 1.82) is 0 Å². The average Bonchev–Trinajstić information content (AvgIpc) is 2.99. The second-order valence-corrected chi connectivity index (χ2v) is 8.39. The third-order valence-corrected chi connectivity index (χ3v) is 5.47. The van der Waals surface area contributed by atoms with Crippen molar-refractivity contribution in [3.8, 4) is 0 Å². The van der Waals surface area contributed by atoms with Crippen molar-refractivity contribution in [2.75, 3.05) is 18.4 Å². The number of hydrogen-bond acceptors (Lipinski definition) is 4. The largest absolute Gasteiger partial charge is 0.333 e. The first kappa shape index (κ1) is 21.8. The first-order valence-electron chi connectivity index (χ1n) is 9.55. The number of carbonyl (C=O) groups excluding carboxylic acids is 3. The Kier molecular flexibility index (Phi) is 7.93. The molecule has 0 aliphatic heterocycles. The van der Waals surface area contributed by atoms with Gasteiger partial charge in [0.15, 0.2) is 5.78 Å². The molecule has 150 valence electrons. The van der Waals surface area contributed by atoms with Crippen molar-refractivity contribution in [1.82, 2.24) is 4.90 Å². The Morgan fingerprint density at radius 2 is 1.79 bits per heavy atom. The van der Waals surface area contributed by atoms with Gasteiger partial charge in [-0.25, -0.2) is 0 Å². The highest BCUT2D eigenvalue weighted by Gasteiger charge is 2.19. The molecule has 0 unspecified atom stereocenters. The number of carbonyl (C=O) groups is 3. The van der Waals surface area contributed by atoms with Crippen LogP contribution in [0.15, 0.2) is 30.3 Å². The maximum Gasteiger partial charge on any atom is 0.244 e. The zero-order chi connectivity index (χ0) is 20.7. The van der Waals surface area contributed by atoms with Crippen LogP contribution < -0.4 is 5.32 Å². The van der Waals surface area contributed by atoms with Gasteiger partial charge in [-0.05, 0) is 44.9 Å². The molecule has 0 bridgehead atoms. The number of amides is 2. The molecule has 0 atom stereocenters. The van der Waals surface area contributed by atoms with Crippen molar-refractivity contribution in [3.63, 3.8) is 0 Å². The minimum Gasteiger partial charge on any atom is -0.333 e. The van der Waals surface area contributed by atoms with Crippen LogP contribution in [-0.2, 0) is 9.59 Å². The van der Waals surface area contributed by atoms with Crippen molar-refractivity contribution >= 4 is 34.6 Å². The highest BCUT2D eigenvalue weighted by molar-refractivity contribution is 7.12. The molecule has 2 aromatic rings. The Morgan fingerprint density at radius 1 is 1.07 bits per heavy atom.